The van der Waals surface area contributed by atoms with E-state index in [0.717, 1.165) is 44.9 Å². The molecule has 0 aromatic heterocycles. The minimum Gasteiger partial charge on any atom is -0.481 e. The number of ether oxygens (including phenoxy) is 1. The van der Waals surface area contributed by atoms with Gasteiger partial charge in [0.15, 0.2) is 0 Å². The van der Waals surface area contributed by atoms with Crippen LogP contribution in [0.1, 0.15) is 57.8 Å². The summed E-state index contributed by atoms with van der Waals surface area (Å²) < 4.78 is 5.41. The van der Waals surface area contributed by atoms with Crippen LogP contribution in [0.4, 0.5) is 0 Å². The summed E-state index contributed by atoms with van der Waals surface area (Å²) in [5.74, 6) is -0.675. The van der Waals surface area contributed by atoms with E-state index in [1.807, 2.05) is 0 Å². The normalized spacial score (nSPS) is 16.7. The summed E-state index contributed by atoms with van der Waals surface area (Å²) in [6, 6.07) is 0. The zero-order valence-corrected chi connectivity index (χ0v) is 11.7. The zero-order valence-electron chi connectivity index (χ0n) is 11.7. The fraction of sp³-hybridized carbons (Fsp3) is 0.857. The van der Waals surface area contributed by atoms with Crippen molar-refractivity contribution < 1.29 is 19.4 Å². The molecule has 0 radical (unpaired) electrons. The number of amides is 1. The summed E-state index contributed by atoms with van der Waals surface area (Å²) in [5, 5.41) is 11.4. The number of carbonyl (C=O) groups is 2. The van der Waals surface area contributed by atoms with Crippen molar-refractivity contribution in [2.75, 3.05) is 13.7 Å². The van der Waals surface area contributed by atoms with Crippen LogP contribution in [0.15, 0.2) is 0 Å². The Balaban J connectivity index is 1.97. The number of hydrogen-bond donors (Lipinski definition) is 2. The van der Waals surface area contributed by atoms with Crippen molar-refractivity contribution >= 4 is 11.9 Å². The molecule has 1 saturated carbocycles. The Morgan fingerprint density at radius 1 is 1.21 bits per heavy atom. The van der Waals surface area contributed by atoms with E-state index in [1.165, 1.54) is 0 Å². The van der Waals surface area contributed by atoms with Gasteiger partial charge < -0.3 is 15.2 Å². The molecule has 110 valence electrons. The molecule has 1 rings (SSSR count). The third kappa shape index (κ3) is 6.05. The number of aliphatic carboxylic acids is 1. The lowest BCUT2D eigenvalue weighted by Crippen LogP contribution is -2.44. The van der Waals surface area contributed by atoms with Gasteiger partial charge >= 0.3 is 5.97 Å². The van der Waals surface area contributed by atoms with Gasteiger partial charge in [0.2, 0.25) is 5.91 Å². The molecule has 0 saturated heterocycles. The summed E-state index contributed by atoms with van der Waals surface area (Å²) in [7, 11) is 1.68. The van der Waals surface area contributed by atoms with Gasteiger partial charge in [0.05, 0.1) is 12.0 Å². The molecule has 2 N–H and O–H groups in total. The Morgan fingerprint density at radius 3 is 2.42 bits per heavy atom. The highest BCUT2D eigenvalue weighted by molar-refractivity contribution is 5.77. The fourth-order valence-corrected chi connectivity index (χ4v) is 2.36. The van der Waals surface area contributed by atoms with Crippen LogP contribution >= 0.6 is 0 Å². The molecule has 5 nitrogen and oxygen atoms in total. The number of nitrogens with one attached hydrogen (secondary N) is 1. The Kier molecular flexibility index (Phi) is 6.84. The van der Waals surface area contributed by atoms with E-state index in [2.05, 4.69) is 5.32 Å². The van der Waals surface area contributed by atoms with Crippen molar-refractivity contribution in [1.82, 2.24) is 5.32 Å². The Bertz CT molecular complexity index is 294. The number of hydrogen-bond acceptors (Lipinski definition) is 3. The smallest absolute Gasteiger partial charge is 0.303 e. The highest BCUT2D eigenvalue weighted by atomic mass is 16.5. The number of carboxylic acids is 1. The van der Waals surface area contributed by atoms with Gasteiger partial charge in [-0.05, 0) is 32.1 Å². The third-order valence-corrected chi connectivity index (χ3v) is 3.82. The molecule has 0 bridgehead atoms. The average Bonchev–Trinajstić information content (AvgIpc) is 2.32. The number of carbonyl (C=O) groups excluding carboxylic acids is 1. The maximum atomic E-state index is 11.7. The maximum absolute atomic E-state index is 11.7. The van der Waals surface area contributed by atoms with Gasteiger partial charge in [-0.1, -0.05) is 12.8 Å². The summed E-state index contributed by atoms with van der Waals surface area (Å²) in [6.07, 6.45) is 7.29. The van der Waals surface area contributed by atoms with Crippen molar-refractivity contribution in [2.24, 2.45) is 0 Å². The van der Waals surface area contributed by atoms with Crippen molar-refractivity contribution in [3.05, 3.63) is 0 Å². The quantitative estimate of drug-likeness (QED) is 0.597. The molecular weight excluding hydrogens is 246 g/mol. The molecule has 0 aliphatic heterocycles. The first kappa shape index (κ1) is 16.0. The monoisotopic (exact) mass is 271 g/mol. The second-order valence-electron chi connectivity index (χ2n) is 5.33. The Hall–Kier alpha value is -1.10. The first-order valence-corrected chi connectivity index (χ1v) is 7.12. The molecule has 0 heterocycles. The molecular formula is C14H25NO4. The van der Waals surface area contributed by atoms with Crippen LogP contribution in [0.3, 0.4) is 0 Å². The van der Waals surface area contributed by atoms with E-state index in [1.54, 1.807) is 7.11 Å². The molecule has 1 fully saturated rings. The van der Waals surface area contributed by atoms with Gasteiger partial charge in [0.25, 0.3) is 0 Å². The predicted molar refractivity (Wildman–Crippen MR) is 71.9 cm³/mol. The first-order chi connectivity index (χ1) is 9.08. The van der Waals surface area contributed by atoms with Gasteiger partial charge in [-0.25, -0.2) is 0 Å². The summed E-state index contributed by atoms with van der Waals surface area (Å²) in [5.41, 5.74) is -0.203. The standard InChI is InChI=1S/C14H25NO4/c1-19-14(8-6-9-14)11-12(16)15-10-5-3-2-4-7-13(17)18/h2-11H2,1H3,(H,15,16)(H,17,18). The lowest BCUT2D eigenvalue weighted by molar-refractivity contribution is -0.137. The SMILES string of the molecule is COC1(CC(=O)NCCCCCCC(=O)O)CCC1. The Labute approximate surface area is 114 Å². The molecule has 5 heteroatoms. The van der Waals surface area contributed by atoms with E-state index in [4.69, 9.17) is 9.84 Å². The predicted octanol–water partition coefficient (Wildman–Crippen LogP) is 2.10. The van der Waals surface area contributed by atoms with Crippen LogP contribution in [-0.4, -0.2) is 36.2 Å². The van der Waals surface area contributed by atoms with Gasteiger partial charge in [-0.3, -0.25) is 9.59 Å². The lowest BCUT2D eigenvalue weighted by atomic mass is 9.77. The Morgan fingerprint density at radius 2 is 1.89 bits per heavy atom. The minimum absolute atomic E-state index is 0.0621. The van der Waals surface area contributed by atoms with Crippen LogP contribution in [0.2, 0.25) is 0 Å². The lowest BCUT2D eigenvalue weighted by Gasteiger charge is -2.39. The third-order valence-electron chi connectivity index (χ3n) is 3.82. The minimum atomic E-state index is -0.737. The number of rotatable bonds is 10. The molecule has 0 unspecified atom stereocenters. The highest BCUT2D eigenvalue weighted by Crippen LogP contribution is 2.37. The van der Waals surface area contributed by atoms with Crippen molar-refractivity contribution in [1.29, 1.82) is 0 Å². The van der Waals surface area contributed by atoms with Gasteiger partial charge in [-0.15, -0.1) is 0 Å². The van der Waals surface area contributed by atoms with Gasteiger partial charge in [-0.2, -0.15) is 0 Å². The molecule has 0 aromatic rings. The fourth-order valence-electron chi connectivity index (χ4n) is 2.36. The van der Waals surface area contributed by atoms with Gasteiger partial charge in [0.1, 0.15) is 0 Å². The topological polar surface area (TPSA) is 75.6 Å². The molecule has 19 heavy (non-hydrogen) atoms. The summed E-state index contributed by atoms with van der Waals surface area (Å²) in [4.78, 5) is 22.0. The number of methoxy groups -OCH3 is 1. The van der Waals surface area contributed by atoms with E-state index < -0.39 is 5.97 Å². The van der Waals surface area contributed by atoms with Gasteiger partial charge in [0, 0.05) is 20.1 Å². The van der Waals surface area contributed by atoms with Crippen molar-refractivity contribution in [3.63, 3.8) is 0 Å². The van der Waals surface area contributed by atoms with Crippen molar-refractivity contribution in [2.45, 2.75) is 63.4 Å². The largest absolute Gasteiger partial charge is 0.481 e. The highest BCUT2D eigenvalue weighted by Gasteiger charge is 2.38. The van der Waals surface area contributed by atoms with Crippen molar-refractivity contribution in [3.8, 4) is 0 Å². The summed E-state index contributed by atoms with van der Waals surface area (Å²) in [6.45, 7) is 0.672. The molecule has 0 atom stereocenters. The van der Waals surface area contributed by atoms with E-state index in [-0.39, 0.29) is 17.9 Å². The van der Waals surface area contributed by atoms with E-state index >= 15 is 0 Å². The molecule has 1 amide bonds. The van der Waals surface area contributed by atoms with Crippen LogP contribution in [-0.2, 0) is 14.3 Å². The summed E-state index contributed by atoms with van der Waals surface area (Å²) >= 11 is 0. The number of unbranched alkanes of at least 4 members (excludes halogenated alkanes) is 3. The maximum Gasteiger partial charge on any atom is 0.303 e. The molecule has 1 aliphatic carbocycles. The van der Waals surface area contributed by atoms with Crippen LogP contribution in [0, 0.1) is 0 Å². The van der Waals surface area contributed by atoms with Crippen LogP contribution in [0.25, 0.3) is 0 Å². The van der Waals surface area contributed by atoms with E-state index in [9.17, 15) is 9.59 Å². The number of carboxylic acid groups (broad SMARTS) is 1. The zero-order chi connectivity index (χ0) is 14.1. The van der Waals surface area contributed by atoms with Crippen LogP contribution in [0.5, 0.6) is 0 Å². The van der Waals surface area contributed by atoms with E-state index in [0.29, 0.717) is 13.0 Å². The molecule has 0 spiro atoms. The second kappa shape index (κ2) is 8.15. The molecule has 1 aliphatic rings. The first-order valence-electron chi connectivity index (χ1n) is 7.12. The van der Waals surface area contributed by atoms with Crippen LogP contribution < -0.4 is 5.32 Å². The molecule has 0 aromatic carbocycles. The average molecular weight is 271 g/mol. The second-order valence-corrected chi connectivity index (χ2v) is 5.33.